The number of nitrogens with zero attached hydrogens (tertiary/aromatic N) is 2. The van der Waals surface area contributed by atoms with E-state index in [1.54, 1.807) is 6.92 Å². The molecular formula is C20H24N4O3. The van der Waals surface area contributed by atoms with Crippen molar-refractivity contribution in [3.05, 3.63) is 41.5 Å². The van der Waals surface area contributed by atoms with Crippen LogP contribution < -0.4 is 10.6 Å². The van der Waals surface area contributed by atoms with Crippen LogP contribution in [-0.4, -0.2) is 22.0 Å². The molecule has 1 aromatic carbocycles. The zero-order chi connectivity index (χ0) is 18.9. The van der Waals surface area contributed by atoms with E-state index in [2.05, 4.69) is 20.8 Å². The zero-order valence-electron chi connectivity index (χ0n) is 15.5. The van der Waals surface area contributed by atoms with E-state index in [4.69, 9.17) is 4.52 Å². The molecule has 2 N–H and O–H groups in total. The number of fused-ring (bicyclic) bond motifs is 1. The predicted molar refractivity (Wildman–Crippen MR) is 99.0 cm³/mol. The van der Waals surface area contributed by atoms with Crippen molar-refractivity contribution in [2.75, 3.05) is 5.32 Å². The number of hydrogen-bond donors (Lipinski definition) is 2. The molecule has 0 radical (unpaired) electrons. The molecule has 2 amide bonds. The van der Waals surface area contributed by atoms with Crippen LogP contribution in [0.3, 0.4) is 0 Å². The van der Waals surface area contributed by atoms with Gasteiger partial charge in [-0.15, -0.1) is 0 Å². The van der Waals surface area contributed by atoms with E-state index in [1.165, 1.54) is 0 Å². The Morgan fingerprint density at radius 2 is 1.96 bits per heavy atom. The van der Waals surface area contributed by atoms with Gasteiger partial charge in [0.05, 0.1) is 5.92 Å². The van der Waals surface area contributed by atoms with Crippen molar-refractivity contribution >= 4 is 17.5 Å². The largest absolute Gasteiger partial charge is 0.343 e. The Bertz CT molecular complexity index is 852. The van der Waals surface area contributed by atoms with Gasteiger partial charge in [0.2, 0.25) is 17.7 Å². The number of carbonyl (C=O) groups is 2. The zero-order valence-corrected chi connectivity index (χ0v) is 15.5. The number of rotatable bonds is 3. The molecule has 1 atom stereocenters. The molecule has 0 bridgehead atoms. The average molecular weight is 368 g/mol. The number of hydrogen-bond acceptors (Lipinski definition) is 5. The Balaban J connectivity index is 1.65. The summed E-state index contributed by atoms with van der Waals surface area (Å²) in [6.07, 6.45) is 5.94. The van der Waals surface area contributed by atoms with Gasteiger partial charge in [0, 0.05) is 19.0 Å². The first-order valence-electron chi connectivity index (χ1n) is 9.59. The van der Waals surface area contributed by atoms with Crippen LogP contribution in [0.1, 0.15) is 68.1 Å². The second-order valence-corrected chi connectivity index (χ2v) is 7.51. The van der Waals surface area contributed by atoms with Crippen LogP contribution in [0.4, 0.5) is 5.69 Å². The van der Waals surface area contributed by atoms with Gasteiger partial charge in [-0.3, -0.25) is 9.59 Å². The lowest BCUT2D eigenvalue weighted by Crippen LogP contribution is -2.49. The summed E-state index contributed by atoms with van der Waals surface area (Å²) >= 11 is 0. The first kappa shape index (κ1) is 17.7. The third-order valence-corrected chi connectivity index (χ3v) is 5.59. The fourth-order valence-electron chi connectivity index (χ4n) is 4.20. The van der Waals surface area contributed by atoms with Crippen molar-refractivity contribution in [2.45, 2.75) is 63.3 Å². The molecule has 1 aliphatic heterocycles. The maximum Gasteiger partial charge on any atom is 0.228 e. The quantitative estimate of drug-likeness (QED) is 0.811. The summed E-state index contributed by atoms with van der Waals surface area (Å²) in [4.78, 5) is 29.8. The van der Waals surface area contributed by atoms with Crippen LogP contribution in [0.5, 0.6) is 0 Å². The third-order valence-electron chi connectivity index (χ3n) is 5.59. The molecule has 7 heteroatoms. The highest BCUT2D eigenvalue weighted by Crippen LogP contribution is 2.37. The minimum Gasteiger partial charge on any atom is -0.343 e. The Kier molecular flexibility index (Phi) is 4.68. The van der Waals surface area contributed by atoms with E-state index in [1.807, 2.05) is 24.3 Å². The smallest absolute Gasteiger partial charge is 0.228 e. The van der Waals surface area contributed by atoms with Crippen LogP contribution in [0.15, 0.2) is 28.8 Å². The summed E-state index contributed by atoms with van der Waals surface area (Å²) in [5.41, 5.74) is 0.927. The van der Waals surface area contributed by atoms with Gasteiger partial charge in [0.1, 0.15) is 5.54 Å². The Hall–Kier alpha value is -2.70. The molecule has 0 spiro atoms. The summed E-state index contributed by atoms with van der Waals surface area (Å²) < 4.78 is 5.21. The van der Waals surface area contributed by atoms with E-state index < -0.39 is 11.5 Å². The number of carbonyl (C=O) groups excluding carboxylic acids is 2. The van der Waals surface area contributed by atoms with Crippen LogP contribution in [0.2, 0.25) is 0 Å². The van der Waals surface area contributed by atoms with Crippen molar-refractivity contribution in [1.82, 2.24) is 15.5 Å². The predicted octanol–water partition coefficient (Wildman–Crippen LogP) is 3.17. The van der Waals surface area contributed by atoms with Gasteiger partial charge in [0.15, 0.2) is 5.82 Å². The monoisotopic (exact) mass is 368 g/mol. The van der Waals surface area contributed by atoms with Gasteiger partial charge in [-0.05, 0) is 24.5 Å². The molecule has 1 fully saturated rings. The van der Waals surface area contributed by atoms with Crippen molar-refractivity contribution in [3.63, 3.8) is 0 Å². The Morgan fingerprint density at radius 1 is 1.22 bits per heavy atom. The minimum absolute atomic E-state index is 0.140. The number of benzene rings is 1. The topological polar surface area (TPSA) is 97.1 Å². The number of aryl methyl sites for hydroxylation is 1. The second-order valence-electron chi connectivity index (χ2n) is 7.51. The standard InChI is InChI=1S/C20H24N4O3/c1-13-21-19(24-27-13)20(10-6-2-3-7-11-20)23-18(26)15-12-17(25)22-16-9-5-4-8-14(15)16/h4-5,8-9,15H,2-3,6-7,10-12H2,1H3,(H,22,25)(H,23,26). The van der Waals surface area contributed by atoms with Gasteiger partial charge in [-0.2, -0.15) is 4.98 Å². The molecule has 1 aliphatic carbocycles. The van der Waals surface area contributed by atoms with Crippen molar-refractivity contribution in [1.29, 1.82) is 0 Å². The lowest BCUT2D eigenvalue weighted by Gasteiger charge is -2.33. The van der Waals surface area contributed by atoms with E-state index in [9.17, 15) is 9.59 Å². The molecule has 2 aromatic rings. The molecular weight excluding hydrogens is 344 g/mol. The average Bonchev–Trinajstić information content (AvgIpc) is 2.96. The van der Waals surface area contributed by atoms with Gasteiger partial charge in [-0.25, -0.2) is 0 Å². The lowest BCUT2D eigenvalue weighted by atomic mass is 9.85. The summed E-state index contributed by atoms with van der Waals surface area (Å²) in [6.45, 7) is 1.75. The Labute approximate surface area is 157 Å². The van der Waals surface area contributed by atoms with Crippen LogP contribution in [0, 0.1) is 6.92 Å². The second kappa shape index (κ2) is 7.13. The normalized spacial score (nSPS) is 21.7. The molecule has 4 rings (SSSR count). The number of anilines is 1. The van der Waals surface area contributed by atoms with E-state index in [-0.39, 0.29) is 18.2 Å². The third kappa shape index (κ3) is 3.46. The first-order valence-corrected chi connectivity index (χ1v) is 9.59. The summed E-state index contributed by atoms with van der Waals surface area (Å²) in [6, 6.07) is 7.47. The highest BCUT2D eigenvalue weighted by molar-refractivity contribution is 6.01. The van der Waals surface area contributed by atoms with Crippen molar-refractivity contribution in [2.24, 2.45) is 0 Å². The fraction of sp³-hybridized carbons (Fsp3) is 0.500. The SMILES string of the molecule is Cc1nc(C2(NC(=O)C3CC(=O)Nc4ccccc43)CCCCCC2)no1. The summed E-state index contributed by atoms with van der Waals surface area (Å²) in [5.74, 6) is 0.234. The molecule has 2 aliphatic rings. The van der Waals surface area contributed by atoms with Crippen LogP contribution >= 0.6 is 0 Å². The van der Waals surface area contributed by atoms with Gasteiger partial charge in [0.25, 0.3) is 0 Å². The summed E-state index contributed by atoms with van der Waals surface area (Å²) in [5, 5.41) is 10.2. The van der Waals surface area contributed by atoms with Crippen molar-refractivity contribution < 1.29 is 14.1 Å². The van der Waals surface area contributed by atoms with E-state index >= 15 is 0 Å². The highest BCUT2D eigenvalue weighted by atomic mass is 16.5. The number of para-hydroxylation sites is 1. The van der Waals surface area contributed by atoms with Crippen LogP contribution in [0.25, 0.3) is 0 Å². The fourth-order valence-corrected chi connectivity index (χ4v) is 4.20. The lowest BCUT2D eigenvalue weighted by molar-refractivity contribution is -0.128. The molecule has 1 unspecified atom stereocenters. The molecule has 1 aromatic heterocycles. The molecule has 2 heterocycles. The maximum absolute atomic E-state index is 13.3. The minimum atomic E-state index is -0.631. The first-order chi connectivity index (χ1) is 13.1. The number of amides is 2. The Morgan fingerprint density at radius 3 is 2.67 bits per heavy atom. The number of nitrogens with one attached hydrogen (secondary N) is 2. The van der Waals surface area contributed by atoms with Gasteiger partial charge < -0.3 is 15.2 Å². The highest BCUT2D eigenvalue weighted by Gasteiger charge is 2.41. The molecule has 27 heavy (non-hydrogen) atoms. The summed E-state index contributed by atoms with van der Waals surface area (Å²) in [7, 11) is 0. The van der Waals surface area contributed by atoms with Gasteiger partial charge in [-0.1, -0.05) is 49.0 Å². The van der Waals surface area contributed by atoms with E-state index in [0.717, 1.165) is 44.1 Å². The van der Waals surface area contributed by atoms with E-state index in [0.29, 0.717) is 17.4 Å². The molecule has 1 saturated carbocycles. The maximum atomic E-state index is 13.3. The molecule has 7 nitrogen and oxygen atoms in total. The molecule has 0 saturated heterocycles. The van der Waals surface area contributed by atoms with Gasteiger partial charge >= 0.3 is 0 Å². The van der Waals surface area contributed by atoms with Crippen molar-refractivity contribution in [3.8, 4) is 0 Å². The van der Waals surface area contributed by atoms with Crippen LogP contribution in [-0.2, 0) is 15.1 Å². The number of aromatic nitrogens is 2. The molecule has 142 valence electrons.